The lowest BCUT2D eigenvalue weighted by atomic mass is 9.84. The average molecular weight is 447 g/mol. The van der Waals surface area contributed by atoms with Gasteiger partial charge in [-0.25, -0.2) is 9.59 Å². The topological polar surface area (TPSA) is 74.6 Å². The van der Waals surface area contributed by atoms with Crippen molar-refractivity contribution in [2.45, 2.75) is 130 Å². The number of aromatic carboxylic acids is 2. The van der Waals surface area contributed by atoms with Gasteiger partial charge in [0, 0.05) is 0 Å². The highest BCUT2D eigenvalue weighted by Gasteiger charge is 2.25. The lowest BCUT2D eigenvalue weighted by molar-refractivity contribution is 0.0650. The number of rotatable bonds is 19. The second kappa shape index (κ2) is 16.7. The van der Waals surface area contributed by atoms with Crippen molar-refractivity contribution in [2.75, 3.05) is 0 Å². The highest BCUT2D eigenvalue weighted by atomic mass is 16.4. The molecule has 0 aromatic heterocycles. The van der Waals surface area contributed by atoms with Crippen molar-refractivity contribution in [3.63, 3.8) is 0 Å². The zero-order chi connectivity index (χ0) is 23.8. The number of carbonyl (C=O) groups is 2. The van der Waals surface area contributed by atoms with Crippen LogP contribution in [0.1, 0.15) is 148 Å². The van der Waals surface area contributed by atoms with E-state index in [1.807, 2.05) is 0 Å². The second-order valence-electron chi connectivity index (χ2n) is 9.16. The van der Waals surface area contributed by atoms with Crippen LogP contribution in [0.3, 0.4) is 0 Å². The van der Waals surface area contributed by atoms with Crippen LogP contribution >= 0.6 is 0 Å². The van der Waals surface area contributed by atoms with Gasteiger partial charge in [0.15, 0.2) is 0 Å². The van der Waals surface area contributed by atoms with E-state index in [4.69, 9.17) is 0 Å². The summed E-state index contributed by atoms with van der Waals surface area (Å²) in [7, 11) is 0. The third-order valence-electron chi connectivity index (χ3n) is 6.45. The van der Waals surface area contributed by atoms with Gasteiger partial charge >= 0.3 is 11.9 Å². The van der Waals surface area contributed by atoms with Crippen LogP contribution in [0.5, 0.6) is 0 Å². The Balaban J connectivity index is 2.93. The summed E-state index contributed by atoms with van der Waals surface area (Å²) in [6.07, 6.45) is 18.6. The third kappa shape index (κ3) is 9.75. The molecule has 0 fully saturated rings. The Kier molecular flexibility index (Phi) is 14.8. The van der Waals surface area contributed by atoms with Gasteiger partial charge in [-0.05, 0) is 61.3 Å². The number of carboxylic acid groups (broad SMARTS) is 2. The van der Waals surface area contributed by atoms with Crippen LogP contribution in [-0.4, -0.2) is 22.2 Å². The highest BCUT2D eigenvalue weighted by Crippen LogP contribution is 2.29. The van der Waals surface area contributed by atoms with E-state index < -0.39 is 11.9 Å². The summed E-state index contributed by atoms with van der Waals surface area (Å²) in [5.41, 5.74) is 2.94. The highest BCUT2D eigenvalue weighted by molar-refractivity contribution is 6.03. The summed E-state index contributed by atoms with van der Waals surface area (Å²) in [6.45, 7) is 6.50. The minimum atomic E-state index is -1.13. The number of aryl methyl sites for hydroxylation is 1. The van der Waals surface area contributed by atoms with Crippen LogP contribution in [0.15, 0.2) is 6.07 Å². The van der Waals surface area contributed by atoms with Crippen molar-refractivity contribution in [1.82, 2.24) is 0 Å². The third-order valence-corrected chi connectivity index (χ3v) is 6.45. The first-order valence-corrected chi connectivity index (χ1v) is 13.1. The molecule has 1 rings (SSSR count). The maximum Gasteiger partial charge on any atom is 0.336 e. The molecule has 182 valence electrons. The average Bonchev–Trinajstić information content (AvgIpc) is 2.77. The molecular weight excluding hydrogens is 400 g/mol. The van der Waals surface area contributed by atoms with E-state index in [-0.39, 0.29) is 11.1 Å². The molecule has 0 saturated carbocycles. The summed E-state index contributed by atoms with van der Waals surface area (Å²) >= 11 is 0. The van der Waals surface area contributed by atoms with E-state index in [1.54, 1.807) is 6.07 Å². The molecule has 1 aromatic carbocycles. The van der Waals surface area contributed by atoms with E-state index in [1.165, 1.54) is 51.4 Å². The fraction of sp³-hybridized carbons (Fsp3) is 0.714. The number of hydrogen-bond acceptors (Lipinski definition) is 2. The predicted octanol–water partition coefficient (Wildman–Crippen LogP) is 8.23. The molecule has 4 heteroatoms. The quantitative estimate of drug-likeness (QED) is 0.210. The summed E-state index contributed by atoms with van der Waals surface area (Å²) in [5.74, 6) is -2.24. The molecule has 32 heavy (non-hydrogen) atoms. The Morgan fingerprint density at radius 2 is 1.06 bits per heavy atom. The largest absolute Gasteiger partial charge is 0.478 e. The van der Waals surface area contributed by atoms with E-state index in [0.29, 0.717) is 6.42 Å². The van der Waals surface area contributed by atoms with Crippen molar-refractivity contribution in [2.24, 2.45) is 0 Å². The van der Waals surface area contributed by atoms with Crippen LogP contribution < -0.4 is 0 Å². The minimum Gasteiger partial charge on any atom is -0.478 e. The molecule has 0 heterocycles. The molecule has 0 unspecified atom stereocenters. The SMILES string of the molecule is CCCCCCCCCCCCc1c(CCCC)c(CCCC)cc(C(=O)O)c1C(=O)O. The van der Waals surface area contributed by atoms with Gasteiger partial charge < -0.3 is 10.2 Å². The van der Waals surface area contributed by atoms with Crippen LogP contribution in [0.25, 0.3) is 0 Å². The van der Waals surface area contributed by atoms with Crippen molar-refractivity contribution >= 4 is 11.9 Å². The number of unbranched alkanes of at least 4 members (excludes halogenated alkanes) is 11. The summed E-state index contributed by atoms with van der Waals surface area (Å²) < 4.78 is 0. The lowest BCUT2D eigenvalue weighted by Crippen LogP contribution is -2.16. The number of benzene rings is 1. The van der Waals surface area contributed by atoms with Crippen molar-refractivity contribution in [3.05, 3.63) is 33.9 Å². The Bertz CT molecular complexity index is 693. The van der Waals surface area contributed by atoms with Gasteiger partial charge in [0.1, 0.15) is 0 Å². The molecule has 0 atom stereocenters. The molecule has 0 aliphatic rings. The standard InChI is InChI=1S/C28H46O4/c1-4-7-10-11-12-13-14-15-16-17-20-24-23(19-9-6-3)22(18-8-5-2)21-25(27(29)30)26(24)28(31)32/h21H,4-20H2,1-3H3,(H,29,30)(H,31,32). The Hall–Kier alpha value is -1.84. The first-order valence-electron chi connectivity index (χ1n) is 13.1. The van der Waals surface area contributed by atoms with Crippen molar-refractivity contribution < 1.29 is 19.8 Å². The Morgan fingerprint density at radius 1 is 0.594 bits per heavy atom. The van der Waals surface area contributed by atoms with Gasteiger partial charge in [-0.3, -0.25) is 0 Å². The predicted molar refractivity (Wildman–Crippen MR) is 133 cm³/mol. The molecule has 0 radical (unpaired) electrons. The maximum absolute atomic E-state index is 12.1. The fourth-order valence-corrected chi connectivity index (χ4v) is 4.57. The molecule has 0 bridgehead atoms. The molecular formula is C28H46O4. The number of carboxylic acids is 2. The summed E-state index contributed by atoms with van der Waals surface area (Å²) in [4.78, 5) is 24.0. The van der Waals surface area contributed by atoms with Crippen LogP contribution in [0, 0.1) is 0 Å². The van der Waals surface area contributed by atoms with E-state index in [0.717, 1.165) is 68.1 Å². The van der Waals surface area contributed by atoms with Gasteiger partial charge in [0.2, 0.25) is 0 Å². The van der Waals surface area contributed by atoms with Gasteiger partial charge in [-0.15, -0.1) is 0 Å². The second-order valence-corrected chi connectivity index (χ2v) is 9.16. The lowest BCUT2D eigenvalue weighted by Gasteiger charge is -2.20. The fourth-order valence-electron chi connectivity index (χ4n) is 4.57. The molecule has 0 aliphatic carbocycles. The van der Waals surface area contributed by atoms with Crippen LogP contribution in [0.4, 0.5) is 0 Å². The number of hydrogen-bond donors (Lipinski definition) is 2. The van der Waals surface area contributed by atoms with Crippen LogP contribution in [0.2, 0.25) is 0 Å². The molecule has 0 aliphatic heterocycles. The van der Waals surface area contributed by atoms with Crippen molar-refractivity contribution in [3.8, 4) is 0 Å². The normalized spacial score (nSPS) is 11.1. The van der Waals surface area contributed by atoms with Gasteiger partial charge in [0.25, 0.3) is 0 Å². The zero-order valence-corrected chi connectivity index (χ0v) is 20.8. The van der Waals surface area contributed by atoms with Gasteiger partial charge in [0.05, 0.1) is 11.1 Å². The molecule has 0 spiro atoms. The summed E-state index contributed by atoms with van der Waals surface area (Å²) in [5, 5.41) is 19.6. The Morgan fingerprint density at radius 3 is 1.56 bits per heavy atom. The monoisotopic (exact) mass is 446 g/mol. The maximum atomic E-state index is 12.1. The zero-order valence-electron chi connectivity index (χ0n) is 20.8. The van der Waals surface area contributed by atoms with Crippen molar-refractivity contribution in [1.29, 1.82) is 0 Å². The van der Waals surface area contributed by atoms with Crippen LogP contribution in [-0.2, 0) is 19.3 Å². The molecule has 1 aromatic rings. The molecule has 4 nitrogen and oxygen atoms in total. The van der Waals surface area contributed by atoms with E-state index in [9.17, 15) is 19.8 Å². The minimum absolute atomic E-state index is 0.0276. The summed E-state index contributed by atoms with van der Waals surface area (Å²) in [6, 6.07) is 1.65. The van der Waals surface area contributed by atoms with Gasteiger partial charge in [-0.2, -0.15) is 0 Å². The van der Waals surface area contributed by atoms with E-state index in [2.05, 4.69) is 20.8 Å². The van der Waals surface area contributed by atoms with Gasteiger partial charge in [-0.1, -0.05) is 91.4 Å². The molecule has 2 N–H and O–H groups in total. The molecule has 0 saturated heterocycles. The first-order chi connectivity index (χ1) is 15.5. The first kappa shape index (κ1) is 28.2. The molecule has 0 amide bonds. The smallest absolute Gasteiger partial charge is 0.336 e. The van der Waals surface area contributed by atoms with E-state index >= 15 is 0 Å². The Labute approximate surface area is 195 Å².